The molecule has 4 amide bonds. The molecule has 0 aliphatic carbocycles. The lowest BCUT2D eigenvalue weighted by atomic mass is 10.2. The summed E-state index contributed by atoms with van der Waals surface area (Å²) < 4.78 is 0. The second-order valence-corrected chi connectivity index (χ2v) is 5.34. The van der Waals surface area contributed by atoms with Gasteiger partial charge in [-0.05, 0) is 0 Å². The maximum Gasteiger partial charge on any atom is 0.333 e. The molecule has 1 saturated heterocycles. The highest BCUT2D eigenvalue weighted by molar-refractivity contribution is 6.01. The molecule has 1 aliphatic rings. The van der Waals surface area contributed by atoms with Gasteiger partial charge in [-0.15, -0.1) is 5.06 Å². The van der Waals surface area contributed by atoms with E-state index in [1.54, 1.807) is 13.8 Å². The van der Waals surface area contributed by atoms with E-state index in [0.717, 1.165) is 0 Å². The van der Waals surface area contributed by atoms with Gasteiger partial charge in [0.1, 0.15) is 0 Å². The number of amides is 4. The summed E-state index contributed by atoms with van der Waals surface area (Å²) in [6.45, 7) is 4.06. The van der Waals surface area contributed by atoms with Crippen LogP contribution in [-0.4, -0.2) is 47.8 Å². The summed E-state index contributed by atoms with van der Waals surface area (Å²) in [7, 11) is 0. The molecular formula is C14H21N3O6. The van der Waals surface area contributed by atoms with Crippen LogP contribution in [0.5, 0.6) is 0 Å². The Labute approximate surface area is 133 Å². The number of nitrogens with one attached hydrogen (secondary N) is 2. The first-order valence-electron chi connectivity index (χ1n) is 7.42. The first-order chi connectivity index (χ1) is 10.8. The van der Waals surface area contributed by atoms with Crippen LogP contribution in [0.1, 0.15) is 39.5 Å². The first kappa shape index (κ1) is 18.6. The summed E-state index contributed by atoms with van der Waals surface area (Å²) in [4.78, 5) is 61.4. The summed E-state index contributed by atoms with van der Waals surface area (Å²) in [5, 5.41) is 5.61. The maximum atomic E-state index is 11.5. The Bertz CT molecular complexity index is 487. The number of carbonyl (C=O) groups excluding carboxylic acids is 5. The van der Waals surface area contributed by atoms with Crippen molar-refractivity contribution in [1.82, 2.24) is 15.7 Å². The van der Waals surface area contributed by atoms with Crippen LogP contribution in [-0.2, 0) is 28.8 Å². The predicted molar refractivity (Wildman–Crippen MR) is 77.3 cm³/mol. The van der Waals surface area contributed by atoms with E-state index in [4.69, 9.17) is 0 Å². The van der Waals surface area contributed by atoms with Gasteiger partial charge in [-0.25, -0.2) is 4.79 Å². The zero-order valence-corrected chi connectivity index (χ0v) is 13.2. The quantitative estimate of drug-likeness (QED) is 0.447. The number of hydroxylamine groups is 2. The summed E-state index contributed by atoms with van der Waals surface area (Å²) in [5.74, 6) is -2.57. The van der Waals surface area contributed by atoms with Crippen molar-refractivity contribution in [2.45, 2.75) is 39.5 Å². The Morgan fingerprint density at radius 1 is 1.04 bits per heavy atom. The number of nitrogens with zero attached hydrogens (tertiary/aromatic N) is 1. The fraction of sp³-hybridized carbons (Fsp3) is 0.643. The summed E-state index contributed by atoms with van der Waals surface area (Å²) in [6.07, 6.45) is -0.335. The van der Waals surface area contributed by atoms with Crippen molar-refractivity contribution >= 4 is 29.6 Å². The molecule has 1 heterocycles. The van der Waals surface area contributed by atoms with Gasteiger partial charge >= 0.3 is 5.97 Å². The minimum atomic E-state index is -0.822. The Kier molecular flexibility index (Phi) is 7.17. The van der Waals surface area contributed by atoms with Gasteiger partial charge in [-0.1, -0.05) is 13.8 Å². The van der Waals surface area contributed by atoms with E-state index in [2.05, 4.69) is 15.5 Å². The average Bonchev–Trinajstić information content (AvgIpc) is 2.81. The SMILES string of the molecule is CC(C)C(=O)NCCNC(=O)CCC(=O)ON1C(=O)CCC1=O. The van der Waals surface area contributed by atoms with E-state index in [-0.39, 0.29) is 50.0 Å². The number of rotatable bonds is 8. The van der Waals surface area contributed by atoms with Crippen molar-refractivity contribution in [3.63, 3.8) is 0 Å². The van der Waals surface area contributed by atoms with Crippen molar-refractivity contribution in [2.75, 3.05) is 13.1 Å². The van der Waals surface area contributed by atoms with Gasteiger partial charge in [0.25, 0.3) is 11.8 Å². The van der Waals surface area contributed by atoms with E-state index in [9.17, 15) is 24.0 Å². The van der Waals surface area contributed by atoms with Gasteiger partial charge in [-0.3, -0.25) is 19.2 Å². The average molecular weight is 327 g/mol. The molecule has 1 rings (SSSR count). The number of hydrogen-bond acceptors (Lipinski definition) is 6. The Hall–Kier alpha value is -2.45. The van der Waals surface area contributed by atoms with Crippen LogP contribution in [0.15, 0.2) is 0 Å². The van der Waals surface area contributed by atoms with Crippen molar-refractivity contribution in [3.8, 4) is 0 Å². The molecule has 0 saturated carbocycles. The molecule has 0 aromatic rings. The smallest absolute Gasteiger partial charge is 0.333 e. The molecule has 0 atom stereocenters. The number of imide groups is 1. The molecule has 0 aromatic carbocycles. The highest BCUT2D eigenvalue weighted by Gasteiger charge is 2.32. The first-order valence-corrected chi connectivity index (χ1v) is 7.42. The van der Waals surface area contributed by atoms with Gasteiger partial charge < -0.3 is 15.5 Å². The zero-order valence-electron chi connectivity index (χ0n) is 13.2. The minimum absolute atomic E-state index is 0.0225. The predicted octanol–water partition coefficient (Wildman–Crippen LogP) is -0.738. The molecule has 1 fully saturated rings. The Balaban J connectivity index is 2.15. The Morgan fingerprint density at radius 3 is 2.17 bits per heavy atom. The molecule has 0 spiro atoms. The summed E-state index contributed by atoms with van der Waals surface area (Å²) in [5.41, 5.74) is 0. The lowest BCUT2D eigenvalue weighted by molar-refractivity contribution is -0.197. The van der Waals surface area contributed by atoms with E-state index >= 15 is 0 Å². The molecule has 9 heteroatoms. The van der Waals surface area contributed by atoms with E-state index in [0.29, 0.717) is 11.6 Å². The van der Waals surface area contributed by atoms with Gasteiger partial charge in [0, 0.05) is 38.3 Å². The van der Waals surface area contributed by atoms with Gasteiger partial charge in [0.2, 0.25) is 11.8 Å². The summed E-state index contributed by atoms with van der Waals surface area (Å²) in [6, 6.07) is 0. The van der Waals surface area contributed by atoms with E-state index in [1.807, 2.05) is 0 Å². The van der Waals surface area contributed by atoms with Crippen molar-refractivity contribution in [1.29, 1.82) is 0 Å². The fourth-order valence-corrected chi connectivity index (χ4v) is 1.70. The molecule has 1 aliphatic heterocycles. The van der Waals surface area contributed by atoms with Crippen LogP contribution in [0.4, 0.5) is 0 Å². The van der Waals surface area contributed by atoms with Gasteiger partial charge in [0.05, 0.1) is 6.42 Å². The third kappa shape index (κ3) is 6.45. The minimum Gasteiger partial charge on any atom is -0.354 e. The molecule has 0 bridgehead atoms. The van der Waals surface area contributed by atoms with Crippen LogP contribution in [0.3, 0.4) is 0 Å². The fourth-order valence-electron chi connectivity index (χ4n) is 1.70. The molecule has 9 nitrogen and oxygen atoms in total. The second kappa shape index (κ2) is 8.86. The Morgan fingerprint density at radius 2 is 1.61 bits per heavy atom. The maximum absolute atomic E-state index is 11.5. The highest BCUT2D eigenvalue weighted by Crippen LogP contribution is 2.12. The third-order valence-electron chi connectivity index (χ3n) is 3.03. The molecule has 23 heavy (non-hydrogen) atoms. The molecule has 128 valence electrons. The highest BCUT2D eigenvalue weighted by atomic mass is 16.7. The van der Waals surface area contributed by atoms with Crippen molar-refractivity contribution < 1.29 is 28.8 Å². The van der Waals surface area contributed by atoms with Crippen LogP contribution in [0.25, 0.3) is 0 Å². The molecule has 0 unspecified atom stereocenters. The van der Waals surface area contributed by atoms with Gasteiger partial charge in [0.15, 0.2) is 0 Å². The van der Waals surface area contributed by atoms with Crippen molar-refractivity contribution in [2.24, 2.45) is 5.92 Å². The monoisotopic (exact) mass is 327 g/mol. The standard InChI is InChI=1S/C14H21N3O6/c1-9(2)14(22)16-8-7-15-10(18)3-6-13(21)23-17-11(19)4-5-12(17)20/h9H,3-8H2,1-2H3,(H,15,18)(H,16,22). The molecule has 2 N–H and O–H groups in total. The second-order valence-electron chi connectivity index (χ2n) is 5.34. The largest absolute Gasteiger partial charge is 0.354 e. The molecule has 0 aromatic heterocycles. The number of carbonyl (C=O) groups is 5. The summed E-state index contributed by atoms with van der Waals surface area (Å²) >= 11 is 0. The topological polar surface area (TPSA) is 122 Å². The van der Waals surface area contributed by atoms with Gasteiger partial charge in [-0.2, -0.15) is 0 Å². The number of hydrogen-bond donors (Lipinski definition) is 2. The lowest BCUT2D eigenvalue weighted by Crippen LogP contribution is -2.36. The van der Waals surface area contributed by atoms with Crippen LogP contribution >= 0.6 is 0 Å². The van der Waals surface area contributed by atoms with E-state index in [1.165, 1.54) is 0 Å². The molecular weight excluding hydrogens is 306 g/mol. The normalized spacial score (nSPS) is 14.1. The third-order valence-corrected chi connectivity index (χ3v) is 3.03. The van der Waals surface area contributed by atoms with E-state index < -0.39 is 17.8 Å². The van der Waals surface area contributed by atoms with Crippen molar-refractivity contribution in [3.05, 3.63) is 0 Å². The van der Waals surface area contributed by atoms with Crippen LogP contribution in [0.2, 0.25) is 0 Å². The lowest BCUT2D eigenvalue weighted by Gasteiger charge is -2.12. The molecule has 0 radical (unpaired) electrons. The van der Waals surface area contributed by atoms with Crippen LogP contribution < -0.4 is 10.6 Å². The zero-order chi connectivity index (χ0) is 17.4. The van der Waals surface area contributed by atoms with Crippen LogP contribution in [0, 0.1) is 5.92 Å².